The summed E-state index contributed by atoms with van der Waals surface area (Å²) in [5.74, 6) is 1.49. The minimum absolute atomic E-state index is 0.0850. The van der Waals surface area contributed by atoms with Gasteiger partial charge < -0.3 is 9.47 Å². The van der Waals surface area contributed by atoms with E-state index in [4.69, 9.17) is 21.1 Å². The Kier molecular flexibility index (Phi) is 5.25. The van der Waals surface area contributed by atoms with Gasteiger partial charge in [0.1, 0.15) is 11.5 Å². The Morgan fingerprint density at radius 1 is 0.880 bits per heavy atom. The van der Waals surface area contributed by atoms with Gasteiger partial charge >= 0.3 is 0 Å². The van der Waals surface area contributed by atoms with Crippen molar-refractivity contribution in [3.8, 4) is 11.5 Å². The Morgan fingerprint density at radius 3 is 2.04 bits per heavy atom. The third kappa shape index (κ3) is 4.12. The zero-order valence-electron chi connectivity index (χ0n) is 14.2. The second kappa shape index (κ2) is 7.58. The van der Waals surface area contributed by atoms with E-state index in [2.05, 4.69) is 0 Å². The van der Waals surface area contributed by atoms with Crippen LogP contribution >= 0.6 is 11.6 Å². The molecule has 0 aromatic heterocycles. The second-order valence-electron chi connectivity index (χ2n) is 5.87. The van der Waals surface area contributed by atoms with Gasteiger partial charge in [0.25, 0.3) is 0 Å². The highest BCUT2D eigenvalue weighted by Crippen LogP contribution is 2.31. The first-order valence-corrected chi connectivity index (χ1v) is 8.41. The van der Waals surface area contributed by atoms with Gasteiger partial charge in [0.15, 0.2) is 5.78 Å². The van der Waals surface area contributed by atoms with E-state index in [0.29, 0.717) is 16.5 Å². The molecule has 2 aromatic carbocycles. The van der Waals surface area contributed by atoms with Crippen molar-refractivity contribution < 1.29 is 14.3 Å². The number of rotatable bonds is 4. The molecule has 3 rings (SSSR count). The van der Waals surface area contributed by atoms with Gasteiger partial charge in [0, 0.05) is 22.2 Å². The summed E-state index contributed by atoms with van der Waals surface area (Å²) in [6, 6.07) is 13.1. The summed E-state index contributed by atoms with van der Waals surface area (Å²) in [6.45, 7) is 0. The molecule has 0 N–H and O–H groups in total. The monoisotopic (exact) mass is 354 g/mol. The SMILES string of the molecule is COc1cc(C=C2CC/C(=C\c3cccc(Cl)c3)C2=O)cc(OC)c1. The summed E-state index contributed by atoms with van der Waals surface area (Å²) in [5.41, 5.74) is 3.44. The lowest BCUT2D eigenvalue weighted by atomic mass is 10.1. The van der Waals surface area contributed by atoms with Crippen LogP contribution in [0.25, 0.3) is 12.2 Å². The van der Waals surface area contributed by atoms with Gasteiger partial charge in [-0.15, -0.1) is 0 Å². The van der Waals surface area contributed by atoms with Crippen LogP contribution in [-0.4, -0.2) is 20.0 Å². The van der Waals surface area contributed by atoms with Gasteiger partial charge in [-0.05, 0) is 60.4 Å². The maximum atomic E-state index is 12.7. The molecule has 0 radical (unpaired) electrons. The first-order valence-electron chi connectivity index (χ1n) is 8.03. The molecular formula is C21H19ClO3. The van der Waals surface area contributed by atoms with E-state index in [9.17, 15) is 4.79 Å². The maximum Gasteiger partial charge on any atom is 0.185 e. The van der Waals surface area contributed by atoms with Crippen LogP contribution in [0, 0.1) is 0 Å². The van der Waals surface area contributed by atoms with Crippen molar-refractivity contribution >= 4 is 29.5 Å². The van der Waals surface area contributed by atoms with Crippen LogP contribution in [-0.2, 0) is 4.79 Å². The Bertz CT molecular complexity index is 843. The zero-order chi connectivity index (χ0) is 17.8. The molecule has 0 heterocycles. The molecule has 1 fully saturated rings. The lowest BCUT2D eigenvalue weighted by Gasteiger charge is -2.06. The highest BCUT2D eigenvalue weighted by Gasteiger charge is 2.23. The smallest absolute Gasteiger partial charge is 0.185 e. The van der Waals surface area contributed by atoms with Crippen molar-refractivity contribution in [2.45, 2.75) is 12.8 Å². The minimum atomic E-state index is 0.0850. The molecule has 128 valence electrons. The van der Waals surface area contributed by atoms with Crippen LogP contribution < -0.4 is 9.47 Å². The number of methoxy groups -OCH3 is 2. The van der Waals surface area contributed by atoms with Gasteiger partial charge in [0.05, 0.1) is 14.2 Å². The summed E-state index contributed by atoms with van der Waals surface area (Å²) < 4.78 is 10.6. The number of ketones is 1. The molecule has 2 aromatic rings. The van der Waals surface area contributed by atoms with Crippen molar-refractivity contribution in [2.75, 3.05) is 14.2 Å². The van der Waals surface area contributed by atoms with E-state index in [0.717, 1.165) is 35.1 Å². The van der Waals surface area contributed by atoms with Crippen molar-refractivity contribution in [3.05, 3.63) is 69.8 Å². The fourth-order valence-electron chi connectivity index (χ4n) is 2.89. The number of benzene rings is 2. The summed E-state index contributed by atoms with van der Waals surface area (Å²) in [5, 5.41) is 0.666. The maximum absolute atomic E-state index is 12.7. The normalized spacial score (nSPS) is 17.3. The van der Waals surface area contributed by atoms with Gasteiger partial charge in [-0.2, -0.15) is 0 Å². The third-order valence-corrected chi connectivity index (χ3v) is 4.39. The van der Waals surface area contributed by atoms with Crippen LogP contribution in [0.4, 0.5) is 0 Å². The Hall–Kier alpha value is -2.52. The van der Waals surface area contributed by atoms with Crippen LogP contribution in [0.5, 0.6) is 11.5 Å². The van der Waals surface area contributed by atoms with E-state index in [1.165, 1.54) is 0 Å². The van der Waals surface area contributed by atoms with Crippen molar-refractivity contribution in [1.82, 2.24) is 0 Å². The van der Waals surface area contributed by atoms with Gasteiger partial charge in [-0.25, -0.2) is 0 Å². The molecule has 0 aliphatic heterocycles. The second-order valence-corrected chi connectivity index (χ2v) is 6.31. The molecule has 3 nitrogen and oxygen atoms in total. The molecule has 0 atom stereocenters. The Balaban J connectivity index is 1.88. The molecular weight excluding hydrogens is 336 g/mol. The highest BCUT2D eigenvalue weighted by molar-refractivity contribution is 6.30. The molecule has 25 heavy (non-hydrogen) atoms. The van der Waals surface area contributed by atoms with Crippen molar-refractivity contribution in [3.63, 3.8) is 0 Å². The number of carbonyl (C=O) groups excluding carboxylic acids is 1. The topological polar surface area (TPSA) is 35.5 Å². The molecule has 0 unspecified atom stereocenters. The molecule has 0 spiro atoms. The van der Waals surface area contributed by atoms with Crippen LogP contribution in [0.2, 0.25) is 5.02 Å². The standard InChI is InChI=1S/C21H19ClO3/c1-24-19-11-15(12-20(13-19)25-2)9-17-7-6-16(21(17)23)8-14-4-3-5-18(22)10-14/h3-5,8-13H,6-7H2,1-2H3/b16-8+,17-9?. The highest BCUT2D eigenvalue weighted by atomic mass is 35.5. The first kappa shape index (κ1) is 17.3. The van der Waals surface area contributed by atoms with Crippen LogP contribution in [0.15, 0.2) is 53.6 Å². The number of Topliss-reactive ketones (excluding diaryl/α,β-unsaturated/α-hetero) is 1. The van der Waals surface area contributed by atoms with Crippen molar-refractivity contribution in [2.24, 2.45) is 0 Å². The quantitative estimate of drug-likeness (QED) is 0.709. The minimum Gasteiger partial charge on any atom is -0.497 e. The fraction of sp³-hybridized carbons (Fsp3) is 0.190. The molecule has 1 saturated carbocycles. The molecule has 1 aliphatic rings. The lowest BCUT2D eigenvalue weighted by molar-refractivity contribution is -0.111. The number of carbonyl (C=O) groups is 1. The number of allylic oxidation sites excluding steroid dienone is 2. The first-order chi connectivity index (χ1) is 12.1. The average molecular weight is 355 g/mol. The summed E-state index contributed by atoms with van der Waals surface area (Å²) >= 11 is 6.01. The van der Waals surface area contributed by atoms with Gasteiger partial charge in [-0.1, -0.05) is 23.7 Å². The molecule has 0 amide bonds. The zero-order valence-corrected chi connectivity index (χ0v) is 15.0. The van der Waals surface area contributed by atoms with Gasteiger partial charge in [-0.3, -0.25) is 4.79 Å². The number of hydrogen-bond donors (Lipinski definition) is 0. The predicted octanol–water partition coefficient (Wildman–Crippen LogP) is 5.19. The number of halogens is 1. The Morgan fingerprint density at radius 2 is 1.48 bits per heavy atom. The van der Waals surface area contributed by atoms with Crippen molar-refractivity contribution in [1.29, 1.82) is 0 Å². The summed E-state index contributed by atoms with van der Waals surface area (Å²) in [4.78, 5) is 12.7. The largest absolute Gasteiger partial charge is 0.497 e. The Labute approximate surface area is 152 Å². The van der Waals surface area contributed by atoms with Crippen LogP contribution in [0.3, 0.4) is 0 Å². The van der Waals surface area contributed by atoms with Gasteiger partial charge in [0.2, 0.25) is 0 Å². The number of hydrogen-bond acceptors (Lipinski definition) is 3. The lowest BCUT2D eigenvalue weighted by Crippen LogP contribution is -1.96. The van der Waals surface area contributed by atoms with E-state index >= 15 is 0 Å². The fourth-order valence-corrected chi connectivity index (χ4v) is 3.09. The van der Waals surface area contributed by atoms with E-state index in [1.54, 1.807) is 14.2 Å². The van der Waals surface area contributed by atoms with E-state index in [1.807, 2.05) is 54.6 Å². The summed E-state index contributed by atoms with van der Waals surface area (Å²) in [6.07, 6.45) is 5.29. The molecule has 0 saturated heterocycles. The predicted molar refractivity (Wildman–Crippen MR) is 101 cm³/mol. The van der Waals surface area contributed by atoms with E-state index in [-0.39, 0.29) is 5.78 Å². The van der Waals surface area contributed by atoms with E-state index < -0.39 is 0 Å². The molecule has 1 aliphatic carbocycles. The third-order valence-electron chi connectivity index (χ3n) is 4.15. The summed E-state index contributed by atoms with van der Waals surface area (Å²) in [7, 11) is 3.22. The molecule has 0 bridgehead atoms. The average Bonchev–Trinajstić information content (AvgIpc) is 2.94. The number of ether oxygens (including phenoxy) is 2. The van der Waals surface area contributed by atoms with Crippen LogP contribution in [0.1, 0.15) is 24.0 Å². The molecule has 4 heteroatoms.